The maximum absolute atomic E-state index is 11.4. The minimum atomic E-state index is -3.34. The number of sulfone groups is 1. The second kappa shape index (κ2) is 6.51. The highest BCUT2D eigenvalue weighted by atomic mass is 32.2. The van der Waals surface area contributed by atoms with Crippen molar-refractivity contribution in [2.24, 2.45) is 0 Å². The third-order valence-corrected chi connectivity index (χ3v) is 3.09. The Morgan fingerprint density at radius 3 is 2.44 bits per heavy atom. The van der Waals surface area contributed by atoms with E-state index in [2.05, 4.69) is 5.32 Å². The van der Waals surface area contributed by atoms with Crippen LogP contribution in [0.15, 0.2) is 30.3 Å². The zero-order valence-corrected chi connectivity index (χ0v) is 11.0. The Morgan fingerprint density at radius 1 is 1.33 bits per heavy atom. The highest BCUT2D eigenvalue weighted by molar-refractivity contribution is 7.91. The summed E-state index contributed by atoms with van der Waals surface area (Å²) in [5, 5.41) is 11.7. The standard InChI is InChI=1S/C12H17NO4S/c1-18(16,17)9-12(15)13-11(8-14)7-10-5-3-2-4-6-10/h2-6,11,14H,7-9H2,1H3,(H,13,15)/t11-/m0/s1. The SMILES string of the molecule is CS(=O)(=O)CC(=O)N[C@H](CO)Cc1ccccc1. The number of hydrogen-bond donors (Lipinski definition) is 2. The molecular weight excluding hydrogens is 254 g/mol. The van der Waals surface area contributed by atoms with E-state index in [0.29, 0.717) is 6.42 Å². The normalized spacial score (nSPS) is 13.0. The number of rotatable bonds is 6. The van der Waals surface area contributed by atoms with Gasteiger partial charge >= 0.3 is 0 Å². The first kappa shape index (κ1) is 14.7. The molecular formula is C12H17NO4S. The van der Waals surface area contributed by atoms with E-state index in [1.165, 1.54) is 0 Å². The van der Waals surface area contributed by atoms with Gasteiger partial charge in [0.1, 0.15) is 5.75 Å². The van der Waals surface area contributed by atoms with Gasteiger partial charge in [0, 0.05) is 6.26 Å². The molecule has 0 bridgehead atoms. The van der Waals surface area contributed by atoms with Gasteiger partial charge in [0.2, 0.25) is 5.91 Å². The van der Waals surface area contributed by atoms with Gasteiger partial charge in [-0.3, -0.25) is 4.79 Å². The van der Waals surface area contributed by atoms with E-state index in [0.717, 1.165) is 11.8 Å². The molecule has 1 rings (SSSR count). The maximum Gasteiger partial charge on any atom is 0.235 e. The number of carbonyl (C=O) groups is 1. The third kappa shape index (κ3) is 5.79. The van der Waals surface area contributed by atoms with Crippen molar-refractivity contribution in [2.75, 3.05) is 18.6 Å². The smallest absolute Gasteiger partial charge is 0.235 e. The van der Waals surface area contributed by atoms with Crippen LogP contribution in [-0.4, -0.2) is 44.1 Å². The van der Waals surface area contributed by atoms with Crippen LogP contribution >= 0.6 is 0 Å². The Balaban J connectivity index is 2.55. The van der Waals surface area contributed by atoms with Gasteiger partial charge < -0.3 is 10.4 Å². The molecule has 0 spiro atoms. The Kier molecular flexibility index (Phi) is 5.30. The fourth-order valence-corrected chi connectivity index (χ4v) is 2.13. The number of hydrogen-bond acceptors (Lipinski definition) is 4. The van der Waals surface area contributed by atoms with E-state index < -0.39 is 27.5 Å². The van der Waals surface area contributed by atoms with Crippen LogP contribution in [0.1, 0.15) is 5.56 Å². The first-order valence-electron chi connectivity index (χ1n) is 5.52. The number of carbonyl (C=O) groups excluding carboxylic acids is 1. The molecule has 2 N–H and O–H groups in total. The first-order chi connectivity index (χ1) is 8.40. The van der Waals surface area contributed by atoms with Crippen LogP contribution in [0.25, 0.3) is 0 Å². The van der Waals surface area contributed by atoms with Crippen molar-refractivity contribution >= 4 is 15.7 Å². The average Bonchev–Trinajstić information content (AvgIpc) is 2.27. The second-order valence-electron chi connectivity index (χ2n) is 4.21. The van der Waals surface area contributed by atoms with Gasteiger partial charge in [-0.2, -0.15) is 0 Å². The van der Waals surface area contributed by atoms with Crippen molar-refractivity contribution in [2.45, 2.75) is 12.5 Å². The van der Waals surface area contributed by atoms with E-state index in [1.807, 2.05) is 30.3 Å². The summed E-state index contributed by atoms with van der Waals surface area (Å²) in [6, 6.07) is 8.89. The number of amides is 1. The Labute approximate surface area is 107 Å². The van der Waals surface area contributed by atoms with Crippen molar-refractivity contribution in [3.05, 3.63) is 35.9 Å². The summed E-state index contributed by atoms with van der Waals surface area (Å²) in [6.45, 7) is -0.232. The van der Waals surface area contributed by atoms with Crippen molar-refractivity contribution < 1.29 is 18.3 Å². The molecule has 1 aromatic rings. The molecule has 1 amide bonds. The molecule has 18 heavy (non-hydrogen) atoms. The Hall–Kier alpha value is -1.40. The van der Waals surface area contributed by atoms with Crippen LogP contribution in [0.2, 0.25) is 0 Å². The topological polar surface area (TPSA) is 83.5 Å². The lowest BCUT2D eigenvalue weighted by atomic mass is 10.1. The highest BCUT2D eigenvalue weighted by Crippen LogP contribution is 2.03. The third-order valence-electron chi connectivity index (χ3n) is 2.30. The zero-order valence-electron chi connectivity index (χ0n) is 10.2. The van der Waals surface area contributed by atoms with Gasteiger partial charge in [-0.05, 0) is 12.0 Å². The Morgan fingerprint density at radius 2 is 1.94 bits per heavy atom. The molecule has 0 radical (unpaired) electrons. The van der Waals surface area contributed by atoms with Gasteiger partial charge in [-0.25, -0.2) is 8.42 Å². The summed E-state index contributed by atoms with van der Waals surface area (Å²) in [4.78, 5) is 11.4. The molecule has 0 aliphatic rings. The number of aliphatic hydroxyl groups is 1. The van der Waals surface area contributed by atoms with Crippen LogP contribution < -0.4 is 5.32 Å². The molecule has 0 aromatic heterocycles. The van der Waals surface area contributed by atoms with E-state index >= 15 is 0 Å². The maximum atomic E-state index is 11.4. The number of benzene rings is 1. The molecule has 0 unspecified atom stereocenters. The fraction of sp³-hybridized carbons (Fsp3) is 0.417. The molecule has 0 aliphatic heterocycles. The Bertz CT molecular complexity index is 484. The van der Waals surface area contributed by atoms with Gasteiger partial charge in [0.05, 0.1) is 12.6 Å². The van der Waals surface area contributed by atoms with E-state index in [-0.39, 0.29) is 6.61 Å². The minimum absolute atomic E-state index is 0.232. The second-order valence-corrected chi connectivity index (χ2v) is 6.35. The monoisotopic (exact) mass is 271 g/mol. The lowest BCUT2D eigenvalue weighted by Gasteiger charge is -2.16. The summed E-state index contributed by atoms with van der Waals surface area (Å²) in [7, 11) is -3.34. The predicted octanol–water partition coefficient (Wildman–Crippen LogP) is -0.249. The summed E-state index contributed by atoms with van der Waals surface area (Å²) in [5.41, 5.74) is 0.969. The summed E-state index contributed by atoms with van der Waals surface area (Å²) in [6.07, 6.45) is 1.46. The number of nitrogens with one attached hydrogen (secondary N) is 1. The van der Waals surface area contributed by atoms with Crippen molar-refractivity contribution in [3.63, 3.8) is 0 Å². The lowest BCUT2D eigenvalue weighted by Crippen LogP contribution is -2.41. The molecule has 6 heteroatoms. The van der Waals surface area contributed by atoms with E-state index in [9.17, 15) is 18.3 Å². The van der Waals surface area contributed by atoms with Crippen molar-refractivity contribution in [1.82, 2.24) is 5.32 Å². The quantitative estimate of drug-likeness (QED) is 0.747. The van der Waals surface area contributed by atoms with Crippen LogP contribution in [0, 0.1) is 0 Å². The molecule has 1 aromatic carbocycles. The molecule has 1 atom stereocenters. The fourth-order valence-electron chi connectivity index (χ4n) is 1.57. The van der Waals surface area contributed by atoms with Crippen LogP contribution in [0.4, 0.5) is 0 Å². The largest absolute Gasteiger partial charge is 0.394 e. The molecule has 0 fully saturated rings. The zero-order chi connectivity index (χ0) is 13.6. The van der Waals surface area contributed by atoms with Gasteiger partial charge in [-0.1, -0.05) is 30.3 Å². The van der Waals surface area contributed by atoms with Crippen LogP contribution in [0.5, 0.6) is 0 Å². The van der Waals surface area contributed by atoms with Crippen LogP contribution in [0.3, 0.4) is 0 Å². The minimum Gasteiger partial charge on any atom is -0.394 e. The van der Waals surface area contributed by atoms with Crippen molar-refractivity contribution in [1.29, 1.82) is 0 Å². The summed E-state index contributed by atoms with van der Waals surface area (Å²) >= 11 is 0. The predicted molar refractivity (Wildman–Crippen MR) is 68.9 cm³/mol. The van der Waals surface area contributed by atoms with Crippen molar-refractivity contribution in [3.8, 4) is 0 Å². The molecule has 5 nitrogen and oxygen atoms in total. The number of aliphatic hydroxyl groups excluding tert-OH is 1. The molecule has 100 valence electrons. The summed E-state index contributed by atoms with van der Waals surface area (Å²) in [5.74, 6) is -1.15. The first-order valence-corrected chi connectivity index (χ1v) is 7.58. The van der Waals surface area contributed by atoms with Gasteiger partial charge in [0.15, 0.2) is 9.84 Å². The average molecular weight is 271 g/mol. The highest BCUT2D eigenvalue weighted by Gasteiger charge is 2.15. The van der Waals surface area contributed by atoms with Crippen LogP contribution in [-0.2, 0) is 21.1 Å². The van der Waals surface area contributed by atoms with E-state index in [4.69, 9.17) is 0 Å². The lowest BCUT2D eigenvalue weighted by molar-refractivity contribution is -0.119. The molecule has 0 saturated heterocycles. The molecule has 0 saturated carbocycles. The molecule has 0 aliphatic carbocycles. The van der Waals surface area contributed by atoms with Gasteiger partial charge in [-0.15, -0.1) is 0 Å². The van der Waals surface area contributed by atoms with Gasteiger partial charge in [0.25, 0.3) is 0 Å². The van der Waals surface area contributed by atoms with E-state index in [1.54, 1.807) is 0 Å². The molecule has 0 heterocycles. The summed E-state index contributed by atoms with van der Waals surface area (Å²) < 4.78 is 21.9.